The Kier molecular flexibility index (Phi) is 6.37. The van der Waals surface area contributed by atoms with Crippen molar-refractivity contribution in [1.82, 2.24) is 14.8 Å². The number of aliphatic hydroxyl groups excluding tert-OH is 1. The Morgan fingerprint density at radius 2 is 1.67 bits per heavy atom. The molecule has 0 bridgehead atoms. The van der Waals surface area contributed by atoms with Crippen molar-refractivity contribution in [2.24, 2.45) is 5.41 Å². The molecule has 3 rings (SSSR count). The van der Waals surface area contributed by atoms with E-state index in [0.29, 0.717) is 5.75 Å². The second-order valence-corrected chi connectivity index (χ2v) is 7.17. The van der Waals surface area contributed by atoms with Crippen LogP contribution in [0, 0.1) is 5.41 Å². The Morgan fingerprint density at radius 1 is 1.04 bits per heavy atom. The Balaban J connectivity index is 1.84. The molecule has 2 atom stereocenters. The summed E-state index contributed by atoms with van der Waals surface area (Å²) < 4.78 is 7.52. The van der Waals surface area contributed by atoms with Crippen LogP contribution in [0.1, 0.15) is 13.2 Å². The third-order valence-electron chi connectivity index (χ3n) is 4.51. The first-order chi connectivity index (χ1) is 13.1. The normalized spacial score (nSPS) is 13.9. The Labute approximate surface area is 168 Å². The van der Waals surface area contributed by atoms with Gasteiger partial charge in [-0.3, -0.25) is 0 Å². The first-order valence-electron chi connectivity index (χ1n) is 8.53. The molecule has 0 radical (unpaired) electrons. The van der Waals surface area contributed by atoms with Crippen LogP contribution in [-0.2, 0) is 0 Å². The number of benzene rings is 2. The van der Waals surface area contributed by atoms with Gasteiger partial charge in [-0.05, 0) is 23.3 Å². The maximum absolute atomic E-state index is 10.9. The van der Waals surface area contributed by atoms with Gasteiger partial charge < -0.3 is 9.84 Å². The molecular weight excluding hydrogens is 385 g/mol. The first kappa shape index (κ1) is 19.7. The van der Waals surface area contributed by atoms with Crippen LogP contribution in [0.5, 0.6) is 5.75 Å². The maximum atomic E-state index is 10.9. The molecule has 0 aliphatic heterocycles. The highest BCUT2D eigenvalue weighted by atomic mass is 35.5. The summed E-state index contributed by atoms with van der Waals surface area (Å²) >= 11 is 12.1. The smallest absolute Gasteiger partial charge is 0.219 e. The van der Waals surface area contributed by atoms with Gasteiger partial charge in [0.25, 0.3) is 0 Å². The minimum Gasteiger partial charge on any atom is -0.466 e. The topological polar surface area (TPSA) is 60.2 Å². The summed E-state index contributed by atoms with van der Waals surface area (Å²) in [4.78, 5) is 3.95. The molecule has 2 aromatic carbocycles. The molecule has 1 aromatic heterocycles. The third-order valence-corrected chi connectivity index (χ3v) is 5.73. The highest BCUT2D eigenvalue weighted by molar-refractivity contribution is 6.21. The van der Waals surface area contributed by atoms with E-state index in [1.165, 1.54) is 17.3 Å². The molecular formula is C20H21Cl2N3O2. The second kappa shape index (κ2) is 8.74. The van der Waals surface area contributed by atoms with E-state index in [1.54, 1.807) is 0 Å². The highest BCUT2D eigenvalue weighted by Gasteiger charge is 2.40. The number of rotatable bonds is 8. The lowest BCUT2D eigenvalue weighted by molar-refractivity contribution is -0.0706. The Morgan fingerprint density at radius 3 is 2.22 bits per heavy atom. The molecule has 0 saturated carbocycles. The lowest BCUT2D eigenvalue weighted by atomic mass is 9.87. The predicted octanol–water partition coefficient (Wildman–Crippen LogP) is 4.37. The molecule has 27 heavy (non-hydrogen) atoms. The average Bonchev–Trinajstić information content (AvgIpc) is 3.26. The Hall–Kier alpha value is -2.08. The van der Waals surface area contributed by atoms with Crippen molar-refractivity contribution in [3.05, 3.63) is 67.3 Å². The SMILES string of the molecule is CC(CCl)(CCl)C(O)C(Oc1ccc(-c2ccccc2)cc1)n1cncn1. The summed E-state index contributed by atoms with van der Waals surface area (Å²) in [5.74, 6) is 0.957. The van der Waals surface area contributed by atoms with E-state index in [0.717, 1.165) is 11.1 Å². The maximum Gasteiger partial charge on any atom is 0.219 e. The van der Waals surface area contributed by atoms with E-state index in [1.807, 2.05) is 61.5 Å². The van der Waals surface area contributed by atoms with Gasteiger partial charge in [0.05, 0.1) is 0 Å². The number of ether oxygens (including phenoxy) is 1. The van der Waals surface area contributed by atoms with Crippen LogP contribution in [0.15, 0.2) is 67.3 Å². The predicted molar refractivity (Wildman–Crippen MR) is 107 cm³/mol. The van der Waals surface area contributed by atoms with Crippen molar-refractivity contribution in [2.45, 2.75) is 19.3 Å². The summed E-state index contributed by atoms with van der Waals surface area (Å²) in [5.41, 5.74) is 1.45. The van der Waals surface area contributed by atoms with Gasteiger partial charge in [0, 0.05) is 17.2 Å². The van der Waals surface area contributed by atoms with Crippen molar-refractivity contribution in [3.63, 3.8) is 0 Å². The quantitative estimate of drug-likeness (QED) is 0.565. The number of halogens is 2. The van der Waals surface area contributed by atoms with E-state index in [4.69, 9.17) is 27.9 Å². The fraction of sp³-hybridized carbons (Fsp3) is 0.300. The molecule has 0 spiro atoms. The van der Waals surface area contributed by atoms with Crippen molar-refractivity contribution in [1.29, 1.82) is 0 Å². The fourth-order valence-corrected chi connectivity index (χ4v) is 3.25. The van der Waals surface area contributed by atoms with Gasteiger partial charge in [-0.25, -0.2) is 9.67 Å². The van der Waals surface area contributed by atoms with E-state index in [-0.39, 0.29) is 11.8 Å². The minimum atomic E-state index is -0.983. The molecule has 5 nitrogen and oxygen atoms in total. The van der Waals surface area contributed by atoms with Crippen LogP contribution >= 0.6 is 23.2 Å². The number of hydrogen-bond acceptors (Lipinski definition) is 4. The van der Waals surface area contributed by atoms with Crippen molar-refractivity contribution >= 4 is 23.2 Å². The molecule has 3 aromatic rings. The number of hydrogen-bond donors (Lipinski definition) is 1. The van der Waals surface area contributed by atoms with Gasteiger partial charge in [-0.15, -0.1) is 23.2 Å². The van der Waals surface area contributed by atoms with Gasteiger partial charge in [0.2, 0.25) is 6.23 Å². The Bertz CT molecular complexity index is 822. The number of nitrogens with zero attached hydrogens (tertiary/aromatic N) is 3. The standard InChI is InChI=1S/C20H21Cl2N3O2/c1-20(11-21,12-22)18(26)19(25-14-23-13-24-25)27-17-9-7-16(8-10-17)15-5-3-2-4-6-15/h2-10,13-14,18-19,26H,11-12H2,1H3. The molecule has 7 heteroatoms. The summed E-state index contributed by atoms with van der Waals surface area (Å²) in [6.45, 7) is 1.81. The minimum absolute atomic E-state index is 0.180. The molecule has 0 amide bonds. The van der Waals surface area contributed by atoms with Crippen LogP contribution in [0.4, 0.5) is 0 Å². The second-order valence-electron chi connectivity index (χ2n) is 6.64. The van der Waals surface area contributed by atoms with Crippen LogP contribution in [-0.4, -0.2) is 37.7 Å². The number of aromatic nitrogens is 3. The lowest BCUT2D eigenvalue weighted by Gasteiger charge is -2.35. The van der Waals surface area contributed by atoms with Gasteiger partial charge in [-0.2, -0.15) is 5.10 Å². The van der Waals surface area contributed by atoms with Crippen molar-refractivity contribution in [2.75, 3.05) is 11.8 Å². The number of alkyl halides is 2. The third kappa shape index (κ3) is 4.43. The zero-order chi connectivity index (χ0) is 19.3. The molecule has 0 saturated heterocycles. The average molecular weight is 406 g/mol. The first-order valence-corrected chi connectivity index (χ1v) is 9.60. The summed E-state index contributed by atoms with van der Waals surface area (Å²) in [5, 5.41) is 15.0. The molecule has 2 unspecified atom stereocenters. The fourth-order valence-electron chi connectivity index (χ4n) is 2.65. The van der Waals surface area contributed by atoms with Gasteiger partial charge in [0.15, 0.2) is 0 Å². The molecule has 0 fully saturated rings. The van der Waals surface area contributed by atoms with Gasteiger partial charge in [0.1, 0.15) is 24.5 Å². The summed E-state index contributed by atoms with van der Waals surface area (Å²) in [6, 6.07) is 17.7. The zero-order valence-corrected chi connectivity index (χ0v) is 16.4. The summed E-state index contributed by atoms with van der Waals surface area (Å²) in [6.07, 6.45) is 1.09. The van der Waals surface area contributed by atoms with Crippen molar-refractivity contribution < 1.29 is 9.84 Å². The molecule has 142 valence electrons. The zero-order valence-electron chi connectivity index (χ0n) is 14.9. The lowest BCUT2D eigenvalue weighted by Crippen LogP contribution is -2.44. The monoisotopic (exact) mass is 405 g/mol. The van der Waals surface area contributed by atoms with Crippen LogP contribution in [0.3, 0.4) is 0 Å². The van der Waals surface area contributed by atoms with E-state index < -0.39 is 17.7 Å². The molecule has 1 heterocycles. The number of aliphatic hydroxyl groups is 1. The van der Waals surface area contributed by atoms with E-state index in [9.17, 15) is 5.11 Å². The van der Waals surface area contributed by atoms with Crippen LogP contribution in [0.25, 0.3) is 11.1 Å². The summed E-state index contributed by atoms with van der Waals surface area (Å²) in [7, 11) is 0. The largest absolute Gasteiger partial charge is 0.466 e. The van der Waals surface area contributed by atoms with Crippen LogP contribution < -0.4 is 4.74 Å². The van der Waals surface area contributed by atoms with E-state index in [2.05, 4.69) is 10.1 Å². The highest BCUT2D eigenvalue weighted by Crippen LogP contribution is 2.34. The van der Waals surface area contributed by atoms with Crippen LogP contribution in [0.2, 0.25) is 0 Å². The van der Waals surface area contributed by atoms with Gasteiger partial charge in [-0.1, -0.05) is 49.4 Å². The molecule has 0 aliphatic carbocycles. The molecule has 1 N–H and O–H groups in total. The van der Waals surface area contributed by atoms with Crippen molar-refractivity contribution in [3.8, 4) is 16.9 Å². The van der Waals surface area contributed by atoms with E-state index >= 15 is 0 Å². The van der Waals surface area contributed by atoms with Gasteiger partial charge >= 0.3 is 0 Å². The molecule has 0 aliphatic rings.